The number of rotatable bonds is 8. The molecule has 3 nitrogen and oxygen atoms in total. The minimum atomic E-state index is 0.569. The molecule has 0 radical (unpaired) electrons. The fraction of sp³-hybridized carbons (Fsp3) is 0.706. The van der Waals surface area contributed by atoms with Gasteiger partial charge in [0.15, 0.2) is 0 Å². The van der Waals surface area contributed by atoms with Gasteiger partial charge >= 0.3 is 0 Å². The first-order chi connectivity index (χ1) is 9.40. The van der Waals surface area contributed by atoms with Gasteiger partial charge < -0.3 is 5.32 Å². The predicted octanol–water partition coefficient (Wildman–Crippen LogP) is 3.30. The SMILES string of the molecule is CC(C)CNCc1cccc(CN(C)C(C)C(C)C)n1. The van der Waals surface area contributed by atoms with Crippen LogP contribution in [-0.2, 0) is 13.1 Å². The number of nitrogens with one attached hydrogen (secondary N) is 1. The number of nitrogens with zero attached hydrogens (tertiary/aromatic N) is 2. The first-order valence-electron chi connectivity index (χ1n) is 7.76. The van der Waals surface area contributed by atoms with Crippen LogP contribution in [0.2, 0.25) is 0 Å². The normalized spacial score (nSPS) is 13.4. The largest absolute Gasteiger partial charge is 0.311 e. The Kier molecular flexibility index (Phi) is 7.17. The van der Waals surface area contributed by atoms with E-state index in [0.717, 1.165) is 31.0 Å². The number of aromatic nitrogens is 1. The summed E-state index contributed by atoms with van der Waals surface area (Å²) in [7, 11) is 2.18. The zero-order valence-electron chi connectivity index (χ0n) is 14.0. The summed E-state index contributed by atoms with van der Waals surface area (Å²) in [5.74, 6) is 1.34. The summed E-state index contributed by atoms with van der Waals surface area (Å²) < 4.78 is 0. The molecule has 0 aromatic carbocycles. The molecule has 0 fully saturated rings. The number of hydrogen-bond acceptors (Lipinski definition) is 3. The lowest BCUT2D eigenvalue weighted by molar-refractivity contribution is 0.198. The van der Waals surface area contributed by atoms with Crippen LogP contribution in [0.25, 0.3) is 0 Å². The predicted molar refractivity (Wildman–Crippen MR) is 86.5 cm³/mol. The highest BCUT2D eigenvalue weighted by atomic mass is 15.1. The van der Waals surface area contributed by atoms with Gasteiger partial charge in [-0.05, 0) is 44.5 Å². The summed E-state index contributed by atoms with van der Waals surface area (Å²) in [6.07, 6.45) is 0. The summed E-state index contributed by atoms with van der Waals surface area (Å²) in [6.45, 7) is 14.1. The van der Waals surface area contributed by atoms with Crippen LogP contribution < -0.4 is 5.32 Å². The monoisotopic (exact) mass is 277 g/mol. The second-order valence-corrected chi connectivity index (χ2v) is 6.54. The van der Waals surface area contributed by atoms with E-state index in [1.54, 1.807) is 0 Å². The Labute approximate surface area is 124 Å². The van der Waals surface area contributed by atoms with Crippen molar-refractivity contribution < 1.29 is 0 Å². The van der Waals surface area contributed by atoms with Gasteiger partial charge in [-0.1, -0.05) is 33.8 Å². The van der Waals surface area contributed by atoms with E-state index in [1.807, 2.05) is 0 Å². The van der Waals surface area contributed by atoms with Crippen molar-refractivity contribution in [2.45, 2.75) is 53.8 Å². The molecule has 114 valence electrons. The maximum atomic E-state index is 4.75. The fourth-order valence-electron chi connectivity index (χ4n) is 2.11. The molecular weight excluding hydrogens is 246 g/mol. The van der Waals surface area contributed by atoms with E-state index in [-0.39, 0.29) is 0 Å². The van der Waals surface area contributed by atoms with Crippen LogP contribution in [0.4, 0.5) is 0 Å². The molecule has 0 spiro atoms. The molecule has 0 bridgehead atoms. The Balaban J connectivity index is 2.55. The van der Waals surface area contributed by atoms with Crippen molar-refractivity contribution >= 4 is 0 Å². The summed E-state index contributed by atoms with van der Waals surface area (Å²) in [5.41, 5.74) is 2.29. The molecule has 1 heterocycles. The van der Waals surface area contributed by atoms with Gasteiger partial charge in [0.2, 0.25) is 0 Å². The molecule has 1 N–H and O–H groups in total. The maximum absolute atomic E-state index is 4.75. The Morgan fingerprint density at radius 3 is 2.35 bits per heavy atom. The van der Waals surface area contributed by atoms with Crippen molar-refractivity contribution in [3.63, 3.8) is 0 Å². The van der Waals surface area contributed by atoms with Crippen LogP contribution in [0.1, 0.15) is 46.0 Å². The Morgan fingerprint density at radius 2 is 1.75 bits per heavy atom. The molecule has 1 atom stereocenters. The van der Waals surface area contributed by atoms with Crippen molar-refractivity contribution in [1.82, 2.24) is 15.2 Å². The highest BCUT2D eigenvalue weighted by Crippen LogP contribution is 2.11. The lowest BCUT2D eigenvalue weighted by Gasteiger charge is -2.27. The van der Waals surface area contributed by atoms with Crippen LogP contribution >= 0.6 is 0 Å². The molecule has 1 aromatic rings. The Bertz CT molecular complexity index is 388. The molecule has 1 unspecified atom stereocenters. The lowest BCUT2D eigenvalue weighted by Crippen LogP contribution is -2.33. The van der Waals surface area contributed by atoms with E-state index in [4.69, 9.17) is 4.98 Å². The smallest absolute Gasteiger partial charge is 0.0547 e. The van der Waals surface area contributed by atoms with Crippen molar-refractivity contribution in [2.24, 2.45) is 11.8 Å². The number of hydrogen-bond donors (Lipinski definition) is 1. The van der Waals surface area contributed by atoms with Gasteiger partial charge in [0.1, 0.15) is 0 Å². The molecule has 0 saturated carbocycles. The standard InChI is InChI=1S/C17H31N3/c1-13(2)10-18-11-16-8-7-9-17(19-16)12-20(6)15(5)14(3)4/h7-9,13-15,18H,10-12H2,1-6H3. The van der Waals surface area contributed by atoms with Crippen molar-refractivity contribution in [1.29, 1.82) is 0 Å². The van der Waals surface area contributed by atoms with Gasteiger partial charge in [-0.3, -0.25) is 9.88 Å². The minimum Gasteiger partial charge on any atom is -0.311 e. The van der Waals surface area contributed by atoms with E-state index in [2.05, 4.69) is 70.1 Å². The highest BCUT2D eigenvalue weighted by Gasteiger charge is 2.13. The van der Waals surface area contributed by atoms with Crippen LogP contribution in [0.5, 0.6) is 0 Å². The molecule has 0 aliphatic carbocycles. The fourth-order valence-corrected chi connectivity index (χ4v) is 2.11. The van der Waals surface area contributed by atoms with Crippen LogP contribution in [0, 0.1) is 11.8 Å². The third-order valence-corrected chi connectivity index (χ3v) is 3.79. The van der Waals surface area contributed by atoms with Gasteiger partial charge in [-0.2, -0.15) is 0 Å². The van der Waals surface area contributed by atoms with E-state index in [1.165, 1.54) is 0 Å². The molecule has 20 heavy (non-hydrogen) atoms. The zero-order chi connectivity index (χ0) is 15.1. The van der Waals surface area contributed by atoms with Gasteiger partial charge in [0.25, 0.3) is 0 Å². The van der Waals surface area contributed by atoms with E-state index in [0.29, 0.717) is 17.9 Å². The molecule has 1 aromatic heterocycles. The summed E-state index contributed by atoms with van der Waals surface area (Å²) in [5, 5.41) is 3.45. The molecule has 1 rings (SSSR count). The average molecular weight is 277 g/mol. The molecule has 0 amide bonds. The molecule has 0 aliphatic heterocycles. The van der Waals surface area contributed by atoms with Crippen LogP contribution in [0.3, 0.4) is 0 Å². The first-order valence-corrected chi connectivity index (χ1v) is 7.76. The van der Waals surface area contributed by atoms with E-state index >= 15 is 0 Å². The summed E-state index contributed by atoms with van der Waals surface area (Å²) in [6, 6.07) is 6.90. The second-order valence-electron chi connectivity index (χ2n) is 6.54. The quantitative estimate of drug-likeness (QED) is 0.790. The third kappa shape index (κ3) is 6.02. The Morgan fingerprint density at radius 1 is 1.10 bits per heavy atom. The lowest BCUT2D eigenvalue weighted by atomic mass is 10.1. The first kappa shape index (κ1) is 17.1. The third-order valence-electron chi connectivity index (χ3n) is 3.79. The van der Waals surface area contributed by atoms with Gasteiger partial charge in [0, 0.05) is 19.1 Å². The van der Waals surface area contributed by atoms with Gasteiger partial charge in [-0.15, -0.1) is 0 Å². The zero-order valence-corrected chi connectivity index (χ0v) is 14.0. The van der Waals surface area contributed by atoms with Gasteiger partial charge in [-0.25, -0.2) is 0 Å². The molecule has 0 aliphatic rings. The molecular formula is C17H31N3. The molecule has 3 heteroatoms. The van der Waals surface area contributed by atoms with Gasteiger partial charge in [0.05, 0.1) is 11.4 Å². The second kappa shape index (κ2) is 8.38. The molecule has 0 saturated heterocycles. The topological polar surface area (TPSA) is 28.2 Å². The van der Waals surface area contributed by atoms with Crippen LogP contribution in [0.15, 0.2) is 18.2 Å². The minimum absolute atomic E-state index is 0.569. The number of pyridine rings is 1. The van der Waals surface area contributed by atoms with E-state index < -0.39 is 0 Å². The van der Waals surface area contributed by atoms with E-state index in [9.17, 15) is 0 Å². The summed E-state index contributed by atoms with van der Waals surface area (Å²) in [4.78, 5) is 7.12. The average Bonchev–Trinajstić information content (AvgIpc) is 2.37. The van der Waals surface area contributed by atoms with Crippen LogP contribution in [-0.4, -0.2) is 29.5 Å². The maximum Gasteiger partial charge on any atom is 0.0547 e. The van der Waals surface area contributed by atoms with Crippen molar-refractivity contribution in [3.05, 3.63) is 29.6 Å². The van der Waals surface area contributed by atoms with Crippen molar-refractivity contribution in [3.8, 4) is 0 Å². The Hall–Kier alpha value is -0.930. The highest BCUT2D eigenvalue weighted by molar-refractivity contribution is 5.11. The van der Waals surface area contributed by atoms with Crippen molar-refractivity contribution in [2.75, 3.05) is 13.6 Å². The summed E-state index contributed by atoms with van der Waals surface area (Å²) >= 11 is 0.